The smallest absolute Gasteiger partial charge is 0.217 e. The Morgan fingerprint density at radius 2 is 1.79 bits per heavy atom. The van der Waals surface area contributed by atoms with E-state index in [0.717, 1.165) is 35.5 Å². The minimum Gasteiger partial charge on any atom is -0.382 e. The van der Waals surface area contributed by atoms with Crippen molar-refractivity contribution in [2.45, 2.75) is 53.1 Å². The number of nitrogens with one attached hydrogen (secondary N) is 2. The summed E-state index contributed by atoms with van der Waals surface area (Å²) >= 11 is 0. The zero-order chi connectivity index (χ0) is 28.1. The third-order valence-electron chi connectivity index (χ3n) is 6.78. The van der Waals surface area contributed by atoms with E-state index in [1.165, 1.54) is 16.7 Å². The van der Waals surface area contributed by atoms with Crippen molar-refractivity contribution in [3.63, 3.8) is 0 Å². The van der Waals surface area contributed by atoms with Gasteiger partial charge in [-0.15, -0.1) is 0 Å². The van der Waals surface area contributed by atoms with Gasteiger partial charge in [0, 0.05) is 42.3 Å². The maximum atomic E-state index is 9.73. The Kier molecular flexibility index (Phi) is 8.31. The van der Waals surface area contributed by atoms with Gasteiger partial charge in [-0.05, 0) is 68.5 Å². The van der Waals surface area contributed by atoms with Crippen LogP contribution in [-0.2, 0) is 19.4 Å². The van der Waals surface area contributed by atoms with Crippen molar-refractivity contribution < 1.29 is 0 Å². The molecule has 1 aromatic heterocycles. The van der Waals surface area contributed by atoms with Gasteiger partial charge in [-0.1, -0.05) is 61.7 Å². The van der Waals surface area contributed by atoms with Crippen LogP contribution >= 0.6 is 0 Å². The molecular weight excluding hydrogens is 480 g/mol. The van der Waals surface area contributed by atoms with Gasteiger partial charge >= 0.3 is 0 Å². The molecule has 0 bridgehead atoms. The first-order valence-electron chi connectivity index (χ1n) is 13.1. The summed E-state index contributed by atoms with van der Waals surface area (Å²) < 4.78 is 1.79. The van der Waals surface area contributed by atoms with Gasteiger partial charge in [-0.3, -0.25) is 9.56 Å². The fraction of sp³-hybridized carbons (Fsp3) is 0.242. The van der Waals surface area contributed by atoms with E-state index in [1.54, 1.807) is 10.8 Å². The summed E-state index contributed by atoms with van der Waals surface area (Å²) in [5.74, 6) is 0.281. The second kappa shape index (κ2) is 11.8. The number of rotatable bonds is 11. The van der Waals surface area contributed by atoms with E-state index in [-0.39, 0.29) is 11.9 Å². The Labute approximate surface area is 231 Å². The molecule has 0 saturated carbocycles. The molecule has 198 valence electrons. The number of nitriles is 1. The number of benzene rings is 2. The van der Waals surface area contributed by atoms with Gasteiger partial charge < -0.3 is 10.6 Å². The standard InChI is InChI=1S/C33H36N6/c1-21-8-10-28(11-9-21)15-23(3)37-26(6)22(2)14-32(39-25(5)19-36-33(39)18-34)27(7)35-20-29-12-13-30-16-24(4)38-31(30)17-29/h8-14,17,19,23,35,37H,2,6-7,15-16,20H2,1,3-5H3/b32-14-/t23-/m0/s1. The minimum absolute atomic E-state index is 0.158. The molecule has 4 rings (SSSR count). The van der Waals surface area contributed by atoms with Gasteiger partial charge in [0.05, 0.1) is 17.1 Å². The highest BCUT2D eigenvalue weighted by Gasteiger charge is 2.16. The van der Waals surface area contributed by atoms with E-state index in [1.807, 2.05) is 13.0 Å². The van der Waals surface area contributed by atoms with E-state index in [2.05, 4.69) is 110 Å². The second-order valence-corrected chi connectivity index (χ2v) is 10.3. The van der Waals surface area contributed by atoms with Crippen molar-refractivity contribution >= 4 is 17.1 Å². The molecular formula is C33H36N6. The van der Waals surface area contributed by atoms with Crippen LogP contribution in [-0.4, -0.2) is 21.3 Å². The van der Waals surface area contributed by atoms with Crippen LogP contribution in [0.1, 0.15) is 47.6 Å². The average Bonchev–Trinajstić information content (AvgIpc) is 3.47. The van der Waals surface area contributed by atoms with Crippen LogP contribution in [0.25, 0.3) is 5.70 Å². The van der Waals surface area contributed by atoms with Crippen molar-refractivity contribution in [2.24, 2.45) is 4.99 Å². The van der Waals surface area contributed by atoms with Crippen LogP contribution in [0.5, 0.6) is 0 Å². The number of allylic oxidation sites excluding steroid dienone is 2. The molecule has 6 heteroatoms. The second-order valence-electron chi connectivity index (χ2n) is 10.3. The molecule has 0 radical (unpaired) electrons. The fourth-order valence-corrected chi connectivity index (χ4v) is 4.67. The molecule has 1 aliphatic rings. The first kappa shape index (κ1) is 27.4. The van der Waals surface area contributed by atoms with E-state index in [4.69, 9.17) is 0 Å². The predicted molar refractivity (Wildman–Crippen MR) is 161 cm³/mol. The predicted octanol–water partition coefficient (Wildman–Crippen LogP) is 6.46. The topological polar surface area (TPSA) is 78.0 Å². The van der Waals surface area contributed by atoms with Gasteiger partial charge in [0.1, 0.15) is 6.07 Å². The first-order valence-corrected chi connectivity index (χ1v) is 13.1. The number of aliphatic imine (C=N–C) groups is 1. The summed E-state index contributed by atoms with van der Waals surface area (Å²) in [6.07, 6.45) is 5.35. The molecule has 39 heavy (non-hydrogen) atoms. The lowest BCUT2D eigenvalue weighted by atomic mass is 10.0. The Morgan fingerprint density at radius 3 is 2.51 bits per heavy atom. The number of fused-ring (bicyclic) bond motifs is 1. The van der Waals surface area contributed by atoms with Crippen LogP contribution in [0.3, 0.4) is 0 Å². The zero-order valence-corrected chi connectivity index (χ0v) is 23.3. The van der Waals surface area contributed by atoms with Gasteiger partial charge in [0.2, 0.25) is 5.82 Å². The van der Waals surface area contributed by atoms with E-state index in [0.29, 0.717) is 29.2 Å². The summed E-state index contributed by atoms with van der Waals surface area (Å²) in [6, 6.07) is 17.3. The zero-order valence-electron chi connectivity index (χ0n) is 23.3. The fourth-order valence-electron chi connectivity index (χ4n) is 4.67. The van der Waals surface area contributed by atoms with Gasteiger partial charge in [0.25, 0.3) is 0 Å². The number of hydrogen-bond donors (Lipinski definition) is 2. The summed E-state index contributed by atoms with van der Waals surface area (Å²) in [7, 11) is 0. The molecule has 2 aromatic carbocycles. The number of hydrogen-bond acceptors (Lipinski definition) is 5. The van der Waals surface area contributed by atoms with Crippen LogP contribution in [0.2, 0.25) is 0 Å². The highest BCUT2D eigenvalue weighted by atomic mass is 15.1. The SMILES string of the molecule is C=C(/C=C(/C(=C)NCc1ccc2c(c1)N=C(C)C2)n1c(C)cnc1C#N)C(=C)N[C@@H](C)Cc1ccc(C)cc1. The van der Waals surface area contributed by atoms with Crippen LogP contribution < -0.4 is 10.6 Å². The molecule has 2 N–H and O–H groups in total. The molecule has 0 saturated heterocycles. The van der Waals surface area contributed by atoms with E-state index in [9.17, 15) is 5.26 Å². The summed E-state index contributed by atoms with van der Waals surface area (Å²) in [4.78, 5) is 8.91. The van der Waals surface area contributed by atoms with Gasteiger partial charge in [-0.25, -0.2) is 4.98 Å². The maximum absolute atomic E-state index is 9.73. The number of nitrogens with zero attached hydrogens (tertiary/aromatic N) is 4. The molecule has 0 spiro atoms. The maximum Gasteiger partial charge on any atom is 0.217 e. The summed E-state index contributed by atoms with van der Waals surface area (Å²) in [5.41, 5.74) is 10.6. The Balaban J connectivity index is 1.51. The van der Waals surface area contributed by atoms with E-state index < -0.39 is 0 Å². The molecule has 3 aromatic rings. The molecule has 0 fully saturated rings. The monoisotopic (exact) mass is 516 g/mol. The van der Waals surface area contributed by atoms with Crippen LogP contribution in [0.15, 0.2) is 96.4 Å². The molecule has 2 heterocycles. The number of aromatic nitrogens is 2. The van der Waals surface area contributed by atoms with Gasteiger partial charge in [0.15, 0.2) is 0 Å². The largest absolute Gasteiger partial charge is 0.382 e. The molecule has 0 amide bonds. The molecule has 0 aliphatic carbocycles. The molecule has 6 nitrogen and oxygen atoms in total. The van der Waals surface area contributed by atoms with Gasteiger partial charge in [-0.2, -0.15) is 5.26 Å². The number of imidazole rings is 1. The Morgan fingerprint density at radius 1 is 1.08 bits per heavy atom. The lowest BCUT2D eigenvalue weighted by Gasteiger charge is -2.20. The normalized spacial score (nSPS) is 13.2. The van der Waals surface area contributed by atoms with Crippen molar-refractivity contribution in [3.05, 3.63) is 125 Å². The quantitative estimate of drug-likeness (QED) is 0.287. The third-order valence-corrected chi connectivity index (χ3v) is 6.78. The minimum atomic E-state index is 0.158. The highest BCUT2D eigenvalue weighted by Crippen LogP contribution is 2.28. The first-order chi connectivity index (χ1) is 18.6. The number of aryl methyl sites for hydroxylation is 2. The van der Waals surface area contributed by atoms with Crippen molar-refractivity contribution in [3.8, 4) is 6.07 Å². The Hall–Kier alpha value is -4.63. The molecule has 1 aliphatic heterocycles. The lowest BCUT2D eigenvalue weighted by Crippen LogP contribution is -2.27. The molecule has 1 atom stereocenters. The third kappa shape index (κ3) is 6.63. The van der Waals surface area contributed by atoms with E-state index >= 15 is 0 Å². The van der Waals surface area contributed by atoms with Crippen LogP contribution in [0.4, 0.5) is 5.69 Å². The average molecular weight is 517 g/mol. The highest BCUT2D eigenvalue weighted by molar-refractivity contribution is 5.92. The molecule has 0 unspecified atom stereocenters. The summed E-state index contributed by atoms with van der Waals surface area (Å²) in [6.45, 7) is 21.5. The van der Waals surface area contributed by atoms with Crippen molar-refractivity contribution in [1.82, 2.24) is 20.2 Å². The lowest BCUT2D eigenvalue weighted by molar-refractivity contribution is 0.618. The van der Waals surface area contributed by atoms with Crippen molar-refractivity contribution in [1.29, 1.82) is 5.26 Å². The Bertz CT molecular complexity index is 1530. The van der Waals surface area contributed by atoms with Crippen LogP contribution in [0, 0.1) is 25.2 Å². The summed E-state index contributed by atoms with van der Waals surface area (Å²) in [5, 5.41) is 16.6. The van der Waals surface area contributed by atoms with Crippen molar-refractivity contribution in [2.75, 3.05) is 0 Å².